The van der Waals surface area contributed by atoms with Gasteiger partial charge in [-0.2, -0.15) is 10.1 Å². The number of anilines is 1. The third-order valence-corrected chi connectivity index (χ3v) is 5.72. The molecule has 0 aliphatic carbocycles. The highest BCUT2D eigenvalue weighted by atomic mass is 35.5. The fourth-order valence-electron chi connectivity index (χ4n) is 2.87. The number of hydrazone groups is 1. The van der Waals surface area contributed by atoms with Crippen molar-refractivity contribution < 1.29 is 4.79 Å². The summed E-state index contributed by atoms with van der Waals surface area (Å²) >= 11 is 7.76. The third kappa shape index (κ3) is 1.91. The second-order valence-electron chi connectivity index (χ2n) is 5.66. The molecule has 0 N–H and O–H groups in total. The molecule has 4 rings (SSSR count). The summed E-state index contributed by atoms with van der Waals surface area (Å²) in [5.74, 6) is 0.713. The number of fused-ring (bicyclic) bond motifs is 3. The van der Waals surface area contributed by atoms with Crippen LogP contribution in [0.25, 0.3) is 0 Å². The zero-order valence-corrected chi connectivity index (χ0v) is 13.5. The summed E-state index contributed by atoms with van der Waals surface area (Å²) in [6, 6.07) is 15.4. The molecular weight excluding hydrogens is 316 g/mol. The van der Waals surface area contributed by atoms with Crippen LogP contribution in [0.2, 0.25) is 5.02 Å². The van der Waals surface area contributed by atoms with Gasteiger partial charge in [-0.05, 0) is 31.2 Å². The van der Waals surface area contributed by atoms with Crippen LogP contribution in [0.5, 0.6) is 0 Å². The number of nitrogens with zero attached hydrogens (tertiary/aromatic N) is 2. The number of rotatable bonds is 1. The number of thioether (sulfide) groups is 1. The van der Waals surface area contributed by atoms with Gasteiger partial charge in [-0.25, -0.2) is 0 Å². The molecule has 0 spiro atoms. The Hall–Kier alpha value is -1.78. The molecule has 1 unspecified atom stereocenters. The third-order valence-electron chi connectivity index (χ3n) is 4.10. The van der Waals surface area contributed by atoms with Gasteiger partial charge in [0.2, 0.25) is 0 Å². The average molecular weight is 329 g/mol. The maximum absolute atomic E-state index is 12.9. The maximum atomic E-state index is 12.9. The van der Waals surface area contributed by atoms with E-state index < -0.39 is 5.41 Å². The van der Waals surface area contributed by atoms with E-state index in [9.17, 15) is 4.79 Å². The van der Waals surface area contributed by atoms with E-state index in [0.717, 1.165) is 11.3 Å². The number of amides is 1. The molecule has 0 saturated carbocycles. The van der Waals surface area contributed by atoms with E-state index in [4.69, 9.17) is 11.6 Å². The molecular formula is C17H13ClN2OS. The van der Waals surface area contributed by atoms with Crippen LogP contribution >= 0.6 is 23.4 Å². The summed E-state index contributed by atoms with van der Waals surface area (Å²) in [6.45, 7) is 1.97. The lowest BCUT2D eigenvalue weighted by Crippen LogP contribution is -2.41. The highest BCUT2D eigenvalue weighted by Crippen LogP contribution is 2.45. The first-order valence-electron chi connectivity index (χ1n) is 7.01. The summed E-state index contributed by atoms with van der Waals surface area (Å²) in [7, 11) is 0. The van der Waals surface area contributed by atoms with Crippen LogP contribution in [0.3, 0.4) is 0 Å². The Balaban J connectivity index is 1.86. The topological polar surface area (TPSA) is 32.7 Å². The molecule has 0 bridgehead atoms. The van der Waals surface area contributed by atoms with Gasteiger partial charge in [-0.15, -0.1) is 11.8 Å². The Bertz CT molecular complexity index is 820. The highest BCUT2D eigenvalue weighted by Gasteiger charge is 2.50. The Morgan fingerprint density at radius 2 is 2.05 bits per heavy atom. The zero-order chi connectivity index (χ0) is 15.3. The van der Waals surface area contributed by atoms with Crippen molar-refractivity contribution in [3.63, 3.8) is 0 Å². The number of hydrogen-bond acceptors (Lipinski definition) is 3. The van der Waals surface area contributed by atoms with E-state index in [2.05, 4.69) is 11.2 Å². The summed E-state index contributed by atoms with van der Waals surface area (Å²) in [4.78, 5) is 14.1. The lowest BCUT2D eigenvalue weighted by atomic mass is 9.83. The predicted octanol–water partition coefficient (Wildman–Crippen LogP) is 4.20. The van der Waals surface area contributed by atoms with Crippen molar-refractivity contribution in [3.05, 3.63) is 59.1 Å². The molecule has 2 aliphatic rings. The quantitative estimate of drug-likeness (QED) is 0.785. The lowest BCUT2D eigenvalue weighted by Gasteiger charge is -2.29. The van der Waals surface area contributed by atoms with E-state index in [-0.39, 0.29) is 5.91 Å². The first kappa shape index (κ1) is 13.9. The lowest BCUT2D eigenvalue weighted by molar-refractivity contribution is -0.122. The van der Waals surface area contributed by atoms with E-state index in [1.54, 1.807) is 23.9 Å². The number of halogens is 1. The van der Waals surface area contributed by atoms with Gasteiger partial charge >= 0.3 is 0 Å². The van der Waals surface area contributed by atoms with Crippen molar-refractivity contribution in [2.75, 3.05) is 10.8 Å². The minimum absolute atomic E-state index is 0.00627. The van der Waals surface area contributed by atoms with Gasteiger partial charge < -0.3 is 0 Å². The smallest absolute Gasteiger partial charge is 0.260 e. The van der Waals surface area contributed by atoms with Crippen LogP contribution in [0.15, 0.2) is 58.5 Å². The fourth-order valence-corrected chi connectivity index (χ4v) is 4.25. The second-order valence-corrected chi connectivity index (χ2v) is 7.12. The first-order valence-corrected chi connectivity index (χ1v) is 8.37. The van der Waals surface area contributed by atoms with Crippen LogP contribution in [-0.4, -0.2) is 17.4 Å². The molecule has 0 radical (unpaired) electrons. The van der Waals surface area contributed by atoms with Crippen molar-refractivity contribution in [1.29, 1.82) is 0 Å². The van der Waals surface area contributed by atoms with Gasteiger partial charge in [0, 0.05) is 21.2 Å². The van der Waals surface area contributed by atoms with Crippen LogP contribution in [0, 0.1) is 5.41 Å². The number of carbonyl (C=O) groups is 1. The number of hydrogen-bond donors (Lipinski definition) is 0. The van der Waals surface area contributed by atoms with E-state index in [0.29, 0.717) is 16.5 Å². The molecule has 0 fully saturated rings. The molecule has 22 heavy (non-hydrogen) atoms. The summed E-state index contributed by atoms with van der Waals surface area (Å²) in [5, 5.41) is 6.73. The average Bonchev–Trinajstić information content (AvgIpc) is 2.80. The second kappa shape index (κ2) is 4.86. The monoisotopic (exact) mass is 328 g/mol. The minimum Gasteiger partial charge on any atom is -0.271 e. The molecule has 2 heterocycles. The zero-order valence-electron chi connectivity index (χ0n) is 11.9. The van der Waals surface area contributed by atoms with Gasteiger partial charge in [-0.1, -0.05) is 35.9 Å². The SMILES string of the molecule is CC12CSc3ccccc3C1=NN(c1cccc(Cl)c1)C2=O. The molecule has 1 amide bonds. The first-order chi connectivity index (χ1) is 10.6. The summed E-state index contributed by atoms with van der Waals surface area (Å²) in [5.41, 5.74) is 2.04. The summed E-state index contributed by atoms with van der Waals surface area (Å²) < 4.78 is 0. The molecule has 1 atom stereocenters. The van der Waals surface area contributed by atoms with E-state index in [1.807, 2.05) is 37.3 Å². The molecule has 0 aromatic heterocycles. The van der Waals surface area contributed by atoms with Gasteiger partial charge in [0.15, 0.2) is 0 Å². The maximum Gasteiger partial charge on any atom is 0.260 e. The predicted molar refractivity (Wildman–Crippen MR) is 90.7 cm³/mol. The Labute approximate surface area is 138 Å². The molecule has 2 aliphatic heterocycles. The Morgan fingerprint density at radius 3 is 2.86 bits per heavy atom. The van der Waals surface area contributed by atoms with Crippen LogP contribution in [0.4, 0.5) is 5.69 Å². The van der Waals surface area contributed by atoms with Gasteiger partial charge in [0.25, 0.3) is 5.91 Å². The van der Waals surface area contributed by atoms with Crippen molar-refractivity contribution in [3.8, 4) is 0 Å². The highest BCUT2D eigenvalue weighted by molar-refractivity contribution is 7.99. The van der Waals surface area contributed by atoms with Gasteiger partial charge in [0.05, 0.1) is 11.4 Å². The summed E-state index contributed by atoms with van der Waals surface area (Å²) in [6.07, 6.45) is 0. The molecule has 110 valence electrons. The molecule has 2 aromatic carbocycles. The van der Waals surface area contributed by atoms with Crippen LogP contribution < -0.4 is 5.01 Å². The molecule has 0 saturated heterocycles. The van der Waals surface area contributed by atoms with Crippen molar-refractivity contribution >= 4 is 40.7 Å². The fraction of sp³-hybridized carbons (Fsp3) is 0.176. The van der Waals surface area contributed by atoms with Gasteiger partial charge in [-0.3, -0.25) is 4.79 Å². The van der Waals surface area contributed by atoms with Crippen LogP contribution in [0.1, 0.15) is 12.5 Å². The van der Waals surface area contributed by atoms with E-state index >= 15 is 0 Å². The normalized spacial score (nSPS) is 23.1. The van der Waals surface area contributed by atoms with Crippen molar-refractivity contribution in [1.82, 2.24) is 0 Å². The molecule has 2 aromatic rings. The van der Waals surface area contributed by atoms with Crippen LogP contribution in [-0.2, 0) is 4.79 Å². The molecule has 5 heteroatoms. The minimum atomic E-state index is -0.582. The molecule has 3 nitrogen and oxygen atoms in total. The Kier molecular flexibility index (Phi) is 3.06. The van der Waals surface area contributed by atoms with E-state index in [1.165, 1.54) is 9.90 Å². The van der Waals surface area contributed by atoms with Crippen molar-refractivity contribution in [2.45, 2.75) is 11.8 Å². The number of carbonyl (C=O) groups excluding carboxylic acids is 1. The number of benzene rings is 2. The Morgan fingerprint density at radius 1 is 1.23 bits per heavy atom. The van der Waals surface area contributed by atoms with Gasteiger partial charge in [0.1, 0.15) is 5.41 Å². The largest absolute Gasteiger partial charge is 0.271 e. The standard InChI is InChI=1S/C17H13ClN2OS/c1-17-10-22-14-8-3-2-7-13(14)15(17)19-20(16(17)21)12-6-4-5-11(18)9-12/h2-9H,10H2,1H3. The van der Waals surface area contributed by atoms with Crippen molar-refractivity contribution in [2.24, 2.45) is 10.5 Å².